The number of carbonyl (C=O) groups is 1. The summed E-state index contributed by atoms with van der Waals surface area (Å²) in [5.41, 5.74) is 1.96. The Morgan fingerprint density at radius 2 is 1.96 bits per heavy atom. The fraction of sp³-hybridized carbons (Fsp3) is 0.353. The first kappa shape index (κ1) is 15.8. The second-order valence-corrected chi connectivity index (χ2v) is 7.55. The van der Waals surface area contributed by atoms with E-state index in [1.807, 2.05) is 13.8 Å². The number of rotatable bonds is 1. The number of Topliss-reactive ketones (excluding diaryl/α,β-unsaturated/α-hetero) is 1. The van der Waals surface area contributed by atoms with Crippen LogP contribution in [0, 0.1) is 16.7 Å². The Labute approximate surface area is 142 Å². The summed E-state index contributed by atoms with van der Waals surface area (Å²) in [5.74, 6) is -0.000586. The van der Waals surface area contributed by atoms with E-state index in [-0.39, 0.29) is 16.9 Å². The Kier molecular flexibility index (Phi) is 3.56. The van der Waals surface area contributed by atoms with Crippen LogP contribution in [0.5, 0.6) is 0 Å². The third kappa shape index (κ3) is 2.45. The van der Waals surface area contributed by atoms with Crippen LogP contribution in [0.1, 0.15) is 42.0 Å². The molecule has 0 saturated heterocycles. The van der Waals surface area contributed by atoms with Crippen LogP contribution in [-0.2, 0) is 13.5 Å². The molecule has 1 aliphatic rings. The molecule has 0 atom stereocenters. The number of nitrogens with zero attached hydrogens (tertiary/aromatic N) is 3. The van der Waals surface area contributed by atoms with Gasteiger partial charge >= 0.3 is 5.69 Å². The van der Waals surface area contributed by atoms with Gasteiger partial charge in [-0.15, -0.1) is 0 Å². The zero-order valence-corrected chi connectivity index (χ0v) is 14.8. The molecule has 1 aliphatic carbocycles. The van der Waals surface area contributed by atoms with Crippen LogP contribution in [0.25, 0.3) is 5.69 Å². The normalized spacial score (nSPS) is 16.0. The molecule has 0 N–H and O–H groups in total. The van der Waals surface area contributed by atoms with Crippen molar-refractivity contribution in [2.75, 3.05) is 0 Å². The largest absolute Gasteiger partial charge is 0.333 e. The molecule has 0 saturated carbocycles. The molecule has 0 amide bonds. The first-order valence-electron chi connectivity index (χ1n) is 7.29. The van der Waals surface area contributed by atoms with Crippen molar-refractivity contribution < 1.29 is 4.79 Å². The maximum absolute atomic E-state index is 12.7. The lowest BCUT2D eigenvalue weighted by Gasteiger charge is -2.29. The van der Waals surface area contributed by atoms with Crippen LogP contribution in [-0.4, -0.2) is 14.9 Å². The highest BCUT2D eigenvalue weighted by Gasteiger charge is 2.36. The summed E-state index contributed by atoms with van der Waals surface area (Å²) in [5, 5.41) is 8.99. The van der Waals surface area contributed by atoms with E-state index in [0.29, 0.717) is 34.3 Å². The first-order valence-corrected chi connectivity index (χ1v) is 8.08. The molecule has 0 aliphatic heterocycles. The number of aromatic nitrogens is 2. The van der Waals surface area contributed by atoms with Crippen LogP contribution in [0.4, 0.5) is 0 Å². The summed E-state index contributed by atoms with van der Waals surface area (Å²) in [6.45, 7) is 4.06. The summed E-state index contributed by atoms with van der Waals surface area (Å²) >= 11 is 3.43. The van der Waals surface area contributed by atoms with Crippen LogP contribution >= 0.6 is 15.9 Å². The van der Waals surface area contributed by atoms with Gasteiger partial charge in [0.25, 0.3) is 0 Å². The Morgan fingerprint density at radius 3 is 2.57 bits per heavy atom. The Hall–Kier alpha value is -2.13. The molecule has 1 heterocycles. The Balaban J connectivity index is 2.31. The summed E-state index contributed by atoms with van der Waals surface area (Å²) in [7, 11) is 1.63. The maximum atomic E-state index is 12.7. The molecule has 23 heavy (non-hydrogen) atoms. The molecule has 0 spiro atoms. The van der Waals surface area contributed by atoms with Gasteiger partial charge in [0.2, 0.25) is 0 Å². The lowest BCUT2D eigenvalue weighted by Crippen LogP contribution is -2.29. The number of ketones is 1. The predicted molar refractivity (Wildman–Crippen MR) is 89.9 cm³/mol. The van der Waals surface area contributed by atoms with Crippen molar-refractivity contribution in [1.82, 2.24) is 9.13 Å². The standard InChI is InChI=1S/C17H16BrN3O2/c1-17(2)7-13-15(14(22)8-17)20(3)16(23)21(13)12-5-4-10(9-19)6-11(12)18/h4-6H,7-8H2,1-3H3. The molecule has 6 heteroatoms. The number of halogens is 1. The van der Waals surface area contributed by atoms with Crippen molar-refractivity contribution in [3.05, 3.63) is 50.1 Å². The van der Waals surface area contributed by atoms with Gasteiger partial charge in [0.05, 0.1) is 23.0 Å². The molecular weight excluding hydrogens is 358 g/mol. The molecule has 1 aromatic carbocycles. The van der Waals surface area contributed by atoms with Gasteiger partial charge in [0, 0.05) is 17.9 Å². The van der Waals surface area contributed by atoms with Crippen molar-refractivity contribution in [1.29, 1.82) is 5.26 Å². The molecule has 118 valence electrons. The summed E-state index contributed by atoms with van der Waals surface area (Å²) in [6, 6.07) is 7.15. The molecule has 1 aromatic heterocycles. The van der Waals surface area contributed by atoms with Gasteiger partial charge in [0.15, 0.2) is 5.78 Å². The summed E-state index contributed by atoms with van der Waals surface area (Å²) in [4.78, 5) is 25.2. The highest BCUT2D eigenvalue weighted by atomic mass is 79.9. The van der Waals surface area contributed by atoms with Gasteiger partial charge in [-0.1, -0.05) is 13.8 Å². The van der Waals surface area contributed by atoms with Crippen molar-refractivity contribution >= 4 is 21.7 Å². The fourth-order valence-electron chi connectivity index (χ4n) is 3.21. The van der Waals surface area contributed by atoms with Crippen LogP contribution in [0.3, 0.4) is 0 Å². The zero-order chi connectivity index (χ0) is 16.9. The number of imidazole rings is 1. The number of benzene rings is 1. The van der Waals surface area contributed by atoms with Gasteiger partial charge in [-0.3, -0.25) is 13.9 Å². The first-order chi connectivity index (χ1) is 10.7. The molecule has 2 aromatic rings. The topological polar surface area (TPSA) is 67.8 Å². The van der Waals surface area contributed by atoms with Crippen molar-refractivity contribution in [3.8, 4) is 11.8 Å². The number of nitriles is 1. The number of fused-ring (bicyclic) bond motifs is 1. The quantitative estimate of drug-likeness (QED) is 0.771. The van der Waals surface area contributed by atoms with Gasteiger partial charge < -0.3 is 0 Å². The third-order valence-electron chi connectivity index (χ3n) is 4.22. The highest BCUT2D eigenvalue weighted by molar-refractivity contribution is 9.10. The number of hydrogen-bond donors (Lipinski definition) is 0. The van der Waals surface area contributed by atoms with E-state index in [4.69, 9.17) is 5.26 Å². The minimum atomic E-state index is -0.244. The van der Waals surface area contributed by atoms with E-state index in [9.17, 15) is 9.59 Å². The maximum Gasteiger partial charge on any atom is 0.333 e. The van der Waals surface area contributed by atoms with Crippen LogP contribution in [0.2, 0.25) is 0 Å². The van der Waals surface area contributed by atoms with E-state index < -0.39 is 0 Å². The lowest BCUT2D eigenvalue weighted by atomic mass is 9.77. The third-order valence-corrected chi connectivity index (χ3v) is 4.86. The van der Waals surface area contributed by atoms with Crippen molar-refractivity contribution in [2.45, 2.75) is 26.7 Å². The smallest absolute Gasteiger partial charge is 0.292 e. The molecule has 0 fully saturated rings. The van der Waals surface area contributed by atoms with Crippen LogP contribution in [0.15, 0.2) is 27.5 Å². The fourth-order valence-corrected chi connectivity index (χ4v) is 3.77. The molecular formula is C17H16BrN3O2. The average molecular weight is 374 g/mol. The lowest BCUT2D eigenvalue weighted by molar-refractivity contribution is 0.0901. The Bertz CT molecular complexity index is 929. The van der Waals surface area contributed by atoms with E-state index in [2.05, 4.69) is 22.0 Å². The summed E-state index contributed by atoms with van der Waals surface area (Å²) in [6.07, 6.45) is 1.09. The SMILES string of the molecule is Cn1c2c(n(-c3ccc(C#N)cc3Br)c1=O)CC(C)(C)CC2=O. The molecule has 0 unspecified atom stereocenters. The van der Waals surface area contributed by atoms with Gasteiger partial charge in [-0.2, -0.15) is 5.26 Å². The molecule has 0 radical (unpaired) electrons. The second-order valence-electron chi connectivity index (χ2n) is 6.69. The van der Waals surface area contributed by atoms with E-state index >= 15 is 0 Å². The summed E-state index contributed by atoms with van der Waals surface area (Å²) < 4.78 is 3.67. The number of hydrogen-bond acceptors (Lipinski definition) is 3. The minimum Gasteiger partial charge on any atom is -0.292 e. The second kappa shape index (κ2) is 5.20. The van der Waals surface area contributed by atoms with Gasteiger partial charge in [-0.25, -0.2) is 4.79 Å². The molecule has 3 rings (SSSR count). The van der Waals surface area contributed by atoms with Crippen molar-refractivity contribution in [2.24, 2.45) is 12.5 Å². The monoisotopic (exact) mass is 373 g/mol. The van der Waals surface area contributed by atoms with Gasteiger partial charge in [0.1, 0.15) is 5.69 Å². The number of carbonyl (C=O) groups excluding carboxylic acids is 1. The van der Waals surface area contributed by atoms with E-state index in [1.165, 1.54) is 4.57 Å². The van der Waals surface area contributed by atoms with E-state index in [0.717, 1.165) is 5.69 Å². The van der Waals surface area contributed by atoms with Crippen LogP contribution < -0.4 is 5.69 Å². The average Bonchev–Trinajstić information content (AvgIpc) is 2.69. The van der Waals surface area contributed by atoms with Crippen molar-refractivity contribution in [3.63, 3.8) is 0 Å². The Morgan fingerprint density at radius 1 is 1.26 bits per heavy atom. The minimum absolute atomic E-state index is 0.000586. The zero-order valence-electron chi connectivity index (χ0n) is 13.2. The van der Waals surface area contributed by atoms with Gasteiger partial charge in [-0.05, 0) is 46.0 Å². The highest BCUT2D eigenvalue weighted by Crippen LogP contribution is 2.36. The van der Waals surface area contributed by atoms with E-state index in [1.54, 1.807) is 29.8 Å². The molecule has 5 nitrogen and oxygen atoms in total. The predicted octanol–water partition coefficient (Wildman–Crippen LogP) is 2.97. The molecule has 0 bridgehead atoms.